The molecule has 3 aromatic rings. The van der Waals surface area contributed by atoms with Crippen LogP contribution in [-0.2, 0) is 6.11 Å². The number of hydrogen-bond donors (Lipinski definition) is 0. The van der Waals surface area contributed by atoms with Crippen LogP contribution in [0.5, 0.6) is 5.75 Å². The molecule has 0 unspecified atom stereocenters. The summed E-state index contributed by atoms with van der Waals surface area (Å²) in [6.45, 7) is 0. The third-order valence-electron chi connectivity index (χ3n) is 3.65. The van der Waals surface area contributed by atoms with Gasteiger partial charge in [0.15, 0.2) is 11.6 Å². The van der Waals surface area contributed by atoms with Crippen molar-refractivity contribution < 1.29 is 31.1 Å². The molecule has 140 valence electrons. The van der Waals surface area contributed by atoms with Gasteiger partial charge in [0.2, 0.25) is 0 Å². The summed E-state index contributed by atoms with van der Waals surface area (Å²) in [5, 5.41) is 0.391. The largest absolute Gasteiger partial charge is 0.432 e. The fourth-order valence-corrected chi connectivity index (χ4v) is 2.53. The SMILES string of the molecule is Fc1ccc(OC(F)(F)c2c(F)cc(-c3ccc(Cl)cc3)cc2F)cc1F. The Labute approximate surface area is 154 Å². The van der Waals surface area contributed by atoms with Crippen LogP contribution in [0.25, 0.3) is 11.1 Å². The Morgan fingerprint density at radius 2 is 1.26 bits per heavy atom. The molecular weight excluding hydrogens is 394 g/mol. The van der Waals surface area contributed by atoms with Crippen LogP contribution in [0.2, 0.25) is 5.02 Å². The summed E-state index contributed by atoms with van der Waals surface area (Å²) in [6.07, 6.45) is -4.46. The molecule has 0 saturated carbocycles. The quantitative estimate of drug-likeness (QED) is 0.442. The fourth-order valence-electron chi connectivity index (χ4n) is 2.40. The molecule has 0 spiro atoms. The molecule has 3 rings (SSSR count). The normalized spacial score (nSPS) is 11.5. The van der Waals surface area contributed by atoms with E-state index in [-0.39, 0.29) is 5.56 Å². The number of rotatable bonds is 4. The fraction of sp³-hybridized carbons (Fsp3) is 0.0526. The van der Waals surface area contributed by atoms with Gasteiger partial charge >= 0.3 is 6.11 Å². The van der Waals surface area contributed by atoms with Crippen molar-refractivity contribution in [2.75, 3.05) is 0 Å². The van der Waals surface area contributed by atoms with E-state index in [4.69, 9.17) is 11.6 Å². The van der Waals surface area contributed by atoms with Crippen molar-refractivity contribution in [2.45, 2.75) is 6.11 Å². The Morgan fingerprint density at radius 1 is 0.667 bits per heavy atom. The Hall–Kier alpha value is -2.67. The standard InChI is InChI=1S/C19H9ClF6O/c20-12-3-1-10(2-4-12)11-7-16(23)18(17(24)8-11)19(25,26)27-13-5-6-14(21)15(22)9-13/h1-9H. The summed E-state index contributed by atoms with van der Waals surface area (Å²) in [5.74, 6) is -6.64. The summed E-state index contributed by atoms with van der Waals surface area (Å²) in [4.78, 5) is 0. The first kappa shape index (κ1) is 19.1. The molecule has 0 aliphatic carbocycles. The second kappa shape index (κ2) is 7.15. The van der Waals surface area contributed by atoms with Crippen LogP contribution in [0.15, 0.2) is 54.6 Å². The van der Waals surface area contributed by atoms with Crippen molar-refractivity contribution in [3.8, 4) is 16.9 Å². The van der Waals surface area contributed by atoms with Gasteiger partial charge in [-0.3, -0.25) is 0 Å². The lowest BCUT2D eigenvalue weighted by Gasteiger charge is -2.20. The monoisotopic (exact) mass is 402 g/mol. The zero-order valence-electron chi connectivity index (χ0n) is 13.3. The number of hydrogen-bond acceptors (Lipinski definition) is 1. The second-order valence-corrected chi connectivity index (χ2v) is 5.95. The molecule has 0 radical (unpaired) electrons. The Kier molecular flexibility index (Phi) is 5.06. The van der Waals surface area contributed by atoms with Crippen LogP contribution in [0.4, 0.5) is 26.3 Å². The van der Waals surface area contributed by atoms with E-state index < -0.39 is 40.7 Å². The van der Waals surface area contributed by atoms with E-state index in [2.05, 4.69) is 4.74 Å². The smallest absolute Gasteiger partial charge is 0.429 e. The Balaban J connectivity index is 1.97. The van der Waals surface area contributed by atoms with Crippen molar-refractivity contribution in [2.24, 2.45) is 0 Å². The summed E-state index contributed by atoms with van der Waals surface area (Å²) in [6, 6.07) is 8.91. The van der Waals surface area contributed by atoms with Gasteiger partial charge in [-0.05, 0) is 47.5 Å². The van der Waals surface area contributed by atoms with Crippen LogP contribution >= 0.6 is 11.6 Å². The molecule has 27 heavy (non-hydrogen) atoms. The van der Waals surface area contributed by atoms with E-state index in [9.17, 15) is 26.3 Å². The first-order valence-corrected chi connectivity index (χ1v) is 7.82. The predicted octanol–water partition coefficient (Wildman–Crippen LogP) is 6.69. The molecule has 0 aliphatic heterocycles. The predicted molar refractivity (Wildman–Crippen MR) is 87.7 cm³/mol. The zero-order chi connectivity index (χ0) is 19.8. The van der Waals surface area contributed by atoms with Gasteiger partial charge in [-0.1, -0.05) is 23.7 Å². The average Bonchev–Trinajstić information content (AvgIpc) is 2.57. The maximum Gasteiger partial charge on any atom is 0.432 e. The van der Waals surface area contributed by atoms with E-state index >= 15 is 0 Å². The van der Waals surface area contributed by atoms with Crippen LogP contribution in [-0.4, -0.2) is 0 Å². The molecule has 3 aromatic carbocycles. The highest BCUT2D eigenvalue weighted by atomic mass is 35.5. The number of alkyl halides is 2. The molecule has 0 amide bonds. The third-order valence-corrected chi connectivity index (χ3v) is 3.90. The molecule has 1 nitrogen and oxygen atoms in total. The molecule has 0 heterocycles. The van der Waals surface area contributed by atoms with Gasteiger partial charge in [0.1, 0.15) is 22.9 Å². The maximum atomic E-state index is 14.3. The Morgan fingerprint density at radius 3 is 1.81 bits per heavy atom. The zero-order valence-corrected chi connectivity index (χ0v) is 14.0. The van der Waals surface area contributed by atoms with Crippen molar-refractivity contribution in [1.82, 2.24) is 0 Å². The molecule has 0 fully saturated rings. The highest BCUT2D eigenvalue weighted by Crippen LogP contribution is 2.37. The van der Waals surface area contributed by atoms with Crippen LogP contribution in [0, 0.1) is 23.3 Å². The minimum Gasteiger partial charge on any atom is -0.429 e. The molecule has 8 heteroatoms. The van der Waals surface area contributed by atoms with Crippen molar-refractivity contribution in [1.29, 1.82) is 0 Å². The van der Waals surface area contributed by atoms with E-state index in [0.29, 0.717) is 40.9 Å². The molecule has 0 atom stereocenters. The summed E-state index contributed by atoms with van der Waals surface area (Å²) >= 11 is 5.73. The van der Waals surface area contributed by atoms with Gasteiger partial charge in [-0.2, -0.15) is 8.78 Å². The molecule has 0 bridgehead atoms. The molecule has 0 saturated heterocycles. The highest BCUT2D eigenvalue weighted by Gasteiger charge is 2.41. The third kappa shape index (κ3) is 4.03. The molecular formula is C19H9ClF6O. The lowest BCUT2D eigenvalue weighted by Crippen LogP contribution is -2.25. The topological polar surface area (TPSA) is 9.23 Å². The first-order valence-electron chi connectivity index (χ1n) is 7.45. The van der Waals surface area contributed by atoms with Gasteiger partial charge in [0.25, 0.3) is 0 Å². The highest BCUT2D eigenvalue weighted by molar-refractivity contribution is 6.30. The summed E-state index contributed by atoms with van der Waals surface area (Å²) in [7, 11) is 0. The van der Waals surface area contributed by atoms with Gasteiger partial charge < -0.3 is 4.74 Å². The molecule has 0 aromatic heterocycles. The van der Waals surface area contributed by atoms with Crippen LogP contribution < -0.4 is 4.74 Å². The van der Waals surface area contributed by atoms with Gasteiger partial charge in [-0.25, -0.2) is 17.6 Å². The lowest BCUT2D eigenvalue weighted by molar-refractivity contribution is -0.189. The number of benzene rings is 3. The summed E-state index contributed by atoms with van der Waals surface area (Å²) in [5.41, 5.74) is -1.28. The van der Waals surface area contributed by atoms with Gasteiger partial charge in [0, 0.05) is 11.1 Å². The van der Waals surface area contributed by atoms with Gasteiger partial charge in [0.05, 0.1) is 0 Å². The van der Waals surface area contributed by atoms with E-state index in [1.54, 1.807) is 0 Å². The number of ether oxygens (including phenoxy) is 1. The second-order valence-electron chi connectivity index (χ2n) is 5.52. The van der Waals surface area contributed by atoms with E-state index in [1.807, 2.05) is 0 Å². The van der Waals surface area contributed by atoms with Crippen LogP contribution in [0.3, 0.4) is 0 Å². The van der Waals surface area contributed by atoms with E-state index in [1.165, 1.54) is 24.3 Å². The minimum atomic E-state index is -4.46. The van der Waals surface area contributed by atoms with Crippen molar-refractivity contribution >= 4 is 11.6 Å². The molecule has 0 aliphatic rings. The van der Waals surface area contributed by atoms with Crippen molar-refractivity contribution in [3.05, 3.63) is 88.5 Å². The first-order chi connectivity index (χ1) is 12.7. The number of halogens is 7. The van der Waals surface area contributed by atoms with E-state index in [0.717, 1.165) is 0 Å². The minimum absolute atomic E-state index is 0.00837. The average molecular weight is 403 g/mol. The maximum absolute atomic E-state index is 14.3. The Bertz CT molecular complexity index is 965. The molecule has 0 N–H and O–H groups in total. The van der Waals surface area contributed by atoms with Crippen LogP contribution in [0.1, 0.15) is 5.56 Å². The lowest BCUT2D eigenvalue weighted by atomic mass is 10.0. The van der Waals surface area contributed by atoms with Gasteiger partial charge in [-0.15, -0.1) is 0 Å². The van der Waals surface area contributed by atoms with Crippen molar-refractivity contribution in [3.63, 3.8) is 0 Å². The summed E-state index contributed by atoms with van der Waals surface area (Å²) < 4.78 is 87.2.